The molecule has 118 valence electrons. The minimum absolute atomic E-state index is 0.00528. The zero-order valence-electron chi connectivity index (χ0n) is 13.8. The van der Waals surface area contributed by atoms with Crippen molar-refractivity contribution < 1.29 is 4.79 Å². The van der Waals surface area contributed by atoms with Crippen LogP contribution in [0.4, 0.5) is 0 Å². The summed E-state index contributed by atoms with van der Waals surface area (Å²) in [6.07, 6.45) is 4.62. The first kappa shape index (κ1) is 15.0. The van der Waals surface area contributed by atoms with Crippen LogP contribution in [-0.4, -0.2) is 26.7 Å². The second-order valence-electron chi connectivity index (χ2n) is 6.66. The zero-order chi connectivity index (χ0) is 15.9. The lowest BCUT2D eigenvalue weighted by Gasteiger charge is -2.27. The van der Waals surface area contributed by atoms with Gasteiger partial charge in [-0.3, -0.25) is 9.48 Å². The lowest BCUT2D eigenvalue weighted by atomic mass is 9.87. The van der Waals surface area contributed by atoms with Crippen LogP contribution in [0.1, 0.15) is 54.4 Å². The highest BCUT2D eigenvalue weighted by atomic mass is 16.1. The number of rotatable bonds is 2. The van der Waals surface area contributed by atoms with Crippen molar-refractivity contribution in [2.75, 3.05) is 0 Å². The van der Waals surface area contributed by atoms with Gasteiger partial charge < -0.3 is 5.32 Å². The van der Waals surface area contributed by atoms with E-state index in [4.69, 9.17) is 0 Å². The smallest absolute Gasteiger partial charge is 0.252 e. The van der Waals surface area contributed by atoms with Gasteiger partial charge in [0.05, 0.1) is 16.6 Å². The molecule has 3 rings (SSSR count). The lowest BCUT2D eigenvalue weighted by Crippen LogP contribution is -2.38. The molecule has 1 saturated carbocycles. The van der Waals surface area contributed by atoms with Crippen molar-refractivity contribution in [3.05, 3.63) is 23.0 Å². The van der Waals surface area contributed by atoms with Crippen molar-refractivity contribution in [3.63, 3.8) is 0 Å². The van der Waals surface area contributed by atoms with Crippen molar-refractivity contribution in [2.45, 2.75) is 52.5 Å². The number of amides is 1. The molecule has 2 aromatic rings. The minimum Gasteiger partial charge on any atom is -0.349 e. The first-order valence-electron chi connectivity index (χ1n) is 8.07. The highest BCUT2D eigenvalue weighted by molar-refractivity contribution is 6.06. The van der Waals surface area contributed by atoms with Gasteiger partial charge in [0, 0.05) is 18.8 Å². The number of hydrogen-bond donors (Lipinski definition) is 1. The van der Waals surface area contributed by atoms with E-state index >= 15 is 0 Å². The van der Waals surface area contributed by atoms with Crippen molar-refractivity contribution in [2.24, 2.45) is 13.0 Å². The fraction of sp³-hybridized carbons (Fsp3) is 0.588. The van der Waals surface area contributed by atoms with Gasteiger partial charge in [0.25, 0.3) is 5.91 Å². The molecule has 0 radical (unpaired) electrons. The number of fused-ring (bicyclic) bond motifs is 1. The predicted octanol–water partition coefficient (Wildman–Crippen LogP) is 2.89. The topological polar surface area (TPSA) is 59.8 Å². The lowest BCUT2D eigenvalue weighted by molar-refractivity contribution is 0.0923. The zero-order valence-corrected chi connectivity index (χ0v) is 13.8. The van der Waals surface area contributed by atoms with Gasteiger partial charge in [-0.25, -0.2) is 4.98 Å². The Hall–Kier alpha value is -1.91. The summed E-state index contributed by atoms with van der Waals surface area (Å²) in [4.78, 5) is 17.3. The van der Waals surface area contributed by atoms with E-state index in [1.165, 1.54) is 12.8 Å². The summed E-state index contributed by atoms with van der Waals surface area (Å²) < 4.78 is 1.75. The van der Waals surface area contributed by atoms with E-state index in [1.54, 1.807) is 4.68 Å². The molecule has 2 unspecified atom stereocenters. The van der Waals surface area contributed by atoms with E-state index in [9.17, 15) is 4.79 Å². The minimum atomic E-state index is 0.00528. The maximum Gasteiger partial charge on any atom is 0.252 e. The number of aryl methyl sites for hydroxylation is 3. The monoisotopic (exact) mass is 300 g/mol. The summed E-state index contributed by atoms with van der Waals surface area (Å²) in [5.74, 6) is 0.698. The van der Waals surface area contributed by atoms with Gasteiger partial charge in [-0.05, 0) is 38.7 Å². The molecule has 5 heteroatoms. The highest BCUT2D eigenvalue weighted by Crippen LogP contribution is 2.25. The Kier molecular flexibility index (Phi) is 3.89. The Morgan fingerprint density at radius 1 is 1.36 bits per heavy atom. The van der Waals surface area contributed by atoms with E-state index in [-0.39, 0.29) is 11.9 Å². The molecule has 1 N–H and O–H groups in total. The Morgan fingerprint density at radius 3 is 2.86 bits per heavy atom. The summed E-state index contributed by atoms with van der Waals surface area (Å²) in [6, 6.07) is 2.16. The molecule has 22 heavy (non-hydrogen) atoms. The fourth-order valence-electron chi connectivity index (χ4n) is 3.58. The molecule has 0 spiro atoms. The van der Waals surface area contributed by atoms with E-state index in [0.717, 1.165) is 35.3 Å². The number of pyridine rings is 1. The standard InChI is InChI=1S/C17H24N4O/c1-10-6-5-7-13(8-10)19-17(22)14-9-11(2)18-16-15(14)12(3)20-21(16)4/h9-10,13H,5-8H2,1-4H3,(H,19,22). The van der Waals surface area contributed by atoms with Gasteiger partial charge in [-0.15, -0.1) is 0 Å². The molecule has 1 fully saturated rings. The number of nitrogens with zero attached hydrogens (tertiary/aromatic N) is 3. The number of nitrogens with one attached hydrogen (secondary N) is 1. The number of aromatic nitrogens is 3. The van der Waals surface area contributed by atoms with E-state index in [1.807, 2.05) is 27.0 Å². The predicted molar refractivity (Wildman–Crippen MR) is 86.9 cm³/mol. The van der Waals surface area contributed by atoms with Crippen LogP contribution in [0.5, 0.6) is 0 Å². The fourth-order valence-corrected chi connectivity index (χ4v) is 3.58. The molecule has 2 heterocycles. The molecule has 1 aliphatic rings. The summed E-state index contributed by atoms with van der Waals surface area (Å²) >= 11 is 0. The van der Waals surface area contributed by atoms with Gasteiger partial charge in [0.1, 0.15) is 0 Å². The quantitative estimate of drug-likeness (QED) is 0.927. The summed E-state index contributed by atoms with van der Waals surface area (Å²) in [7, 11) is 1.87. The average molecular weight is 300 g/mol. The van der Waals surface area contributed by atoms with Gasteiger partial charge >= 0.3 is 0 Å². The summed E-state index contributed by atoms with van der Waals surface area (Å²) in [6.45, 7) is 6.11. The van der Waals surface area contributed by atoms with Gasteiger partial charge in [-0.2, -0.15) is 5.10 Å². The van der Waals surface area contributed by atoms with E-state index in [2.05, 4.69) is 22.3 Å². The summed E-state index contributed by atoms with van der Waals surface area (Å²) in [5.41, 5.74) is 3.18. The molecule has 5 nitrogen and oxygen atoms in total. The van der Waals surface area contributed by atoms with Crippen molar-refractivity contribution >= 4 is 16.9 Å². The third kappa shape index (κ3) is 2.72. The normalized spacial score (nSPS) is 22.0. The van der Waals surface area contributed by atoms with Crippen LogP contribution in [-0.2, 0) is 7.05 Å². The van der Waals surface area contributed by atoms with E-state index in [0.29, 0.717) is 11.5 Å². The van der Waals surface area contributed by atoms with Crippen molar-refractivity contribution in [1.29, 1.82) is 0 Å². The largest absolute Gasteiger partial charge is 0.349 e. The Labute approximate surface area is 131 Å². The molecular formula is C17H24N4O. The van der Waals surface area contributed by atoms with Gasteiger partial charge in [-0.1, -0.05) is 19.8 Å². The second kappa shape index (κ2) is 5.71. The van der Waals surface area contributed by atoms with Crippen LogP contribution in [0, 0.1) is 19.8 Å². The number of carbonyl (C=O) groups excluding carboxylic acids is 1. The molecule has 0 saturated heterocycles. The van der Waals surface area contributed by atoms with Crippen LogP contribution in [0.3, 0.4) is 0 Å². The second-order valence-corrected chi connectivity index (χ2v) is 6.66. The Morgan fingerprint density at radius 2 is 2.14 bits per heavy atom. The first-order valence-corrected chi connectivity index (χ1v) is 8.07. The maximum absolute atomic E-state index is 12.8. The van der Waals surface area contributed by atoms with Crippen LogP contribution >= 0.6 is 0 Å². The third-order valence-electron chi connectivity index (χ3n) is 4.61. The first-order chi connectivity index (χ1) is 10.5. The number of hydrogen-bond acceptors (Lipinski definition) is 3. The molecule has 0 aromatic carbocycles. The number of carbonyl (C=O) groups is 1. The highest BCUT2D eigenvalue weighted by Gasteiger charge is 2.23. The van der Waals surface area contributed by atoms with Crippen LogP contribution < -0.4 is 5.32 Å². The van der Waals surface area contributed by atoms with Gasteiger partial charge in [0.15, 0.2) is 5.65 Å². The third-order valence-corrected chi connectivity index (χ3v) is 4.61. The van der Waals surface area contributed by atoms with Gasteiger partial charge in [0.2, 0.25) is 0 Å². The van der Waals surface area contributed by atoms with Crippen LogP contribution in [0.15, 0.2) is 6.07 Å². The van der Waals surface area contributed by atoms with Crippen LogP contribution in [0.2, 0.25) is 0 Å². The Balaban J connectivity index is 1.93. The maximum atomic E-state index is 12.8. The van der Waals surface area contributed by atoms with Crippen molar-refractivity contribution in [1.82, 2.24) is 20.1 Å². The Bertz CT molecular complexity index is 719. The molecule has 2 aromatic heterocycles. The molecule has 1 amide bonds. The summed E-state index contributed by atoms with van der Waals surface area (Å²) in [5, 5.41) is 8.49. The van der Waals surface area contributed by atoms with Crippen molar-refractivity contribution in [3.8, 4) is 0 Å². The van der Waals surface area contributed by atoms with Crippen LogP contribution in [0.25, 0.3) is 11.0 Å². The molecule has 0 aliphatic heterocycles. The average Bonchev–Trinajstić information content (AvgIpc) is 2.73. The molecule has 2 atom stereocenters. The SMILES string of the molecule is Cc1cc(C(=O)NC2CCCC(C)C2)c2c(C)nn(C)c2n1. The molecule has 1 aliphatic carbocycles. The molecular weight excluding hydrogens is 276 g/mol. The van der Waals surface area contributed by atoms with E-state index < -0.39 is 0 Å². The molecule has 0 bridgehead atoms.